The quantitative estimate of drug-likeness (QED) is 0.239. The van der Waals surface area contributed by atoms with Gasteiger partial charge < -0.3 is 43.8 Å². The molecule has 1 aromatic heterocycles. The van der Waals surface area contributed by atoms with E-state index in [1.807, 2.05) is 0 Å². The number of rotatable bonds is 14. The summed E-state index contributed by atoms with van der Waals surface area (Å²) in [5, 5.41) is 5.62. The number of nitrogens with zero attached hydrogens (tertiary/aromatic N) is 2. The number of hydrogen-bond acceptors (Lipinski definition) is 12. The number of amides is 1. The van der Waals surface area contributed by atoms with Gasteiger partial charge in [-0.15, -0.1) is 0 Å². The molecule has 4 atom stereocenters. The van der Waals surface area contributed by atoms with Crippen molar-refractivity contribution in [2.75, 3.05) is 65.2 Å². The third-order valence-corrected chi connectivity index (χ3v) is 5.60. The van der Waals surface area contributed by atoms with Gasteiger partial charge >= 0.3 is 12.1 Å². The highest BCUT2D eigenvalue weighted by molar-refractivity contribution is 5.77. The number of anilines is 1. The van der Waals surface area contributed by atoms with E-state index in [-0.39, 0.29) is 64.5 Å². The lowest BCUT2D eigenvalue weighted by atomic mass is 9.98. The second kappa shape index (κ2) is 14.1. The Morgan fingerprint density at radius 1 is 1.05 bits per heavy atom. The predicted molar refractivity (Wildman–Crippen MR) is 125 cm³/mol. The molecule has 13 nitrogen and oxygen atoms in total. The van der Waals surface area contributed by atoms with Crippen molar-refractivity contribution in [1.82, 2.24) is 15.3 Å². The summed E-state index contributed by atoms with van der Waals surface area (Å²) in [6, 6.07) is -0.573. The Kier molecular flexibility index (Phi) is 11.2. The lowest BCUT2D eigenvalue weighted by molar-refractivity contribution is -0.153. The minimum absolute atomic E-state index is 0.0657. The summed E-state index contributed by atoms with van der Waals surface area (Å²) in [4.78, 5) is 30.3. The molecule has 220 valence electrons. The van der Waals surface area contributed by atoms with Crippen molar-refractivity contribution >= 4 is 17.7 Å². The van der Waals surface area contributed by atoms with Crippen LogP contribution in [0.1, 0.15) is 19.5 Å². The second-order valence-electron chi connectivity index (χ2n) is 9.07. The number of fused-ring (bicyclic) bond motifs is 1. The average molecular weight is 567 g/mol. The third-order valence-electron chi connectivity index (χ3n) is 5.60. The summed E-state index contributed by atoms with van der Waals surface area (Å²) >= 11 is 0. The van der Waals surface area contributed by atoms with E-state index in [0.717, 1.165) is 0 Å². The van der Waals surface area contributed by atoms with Crippen LogP contribution < -0.4 is 10.6 Å². The number of aromatic nitrogens is 2. The lowest BCUT2D eigenvalue weighted by Gasteiger charge is -2.37. The Morgan fingerprint density at radius 3 is 2.41 bits per heavy atom. The number of ether oxygens (including phenoxy) is 7. The monoisotopic (exact) mass is 566 g/mol. The first-order valence-corrected chi connectivity index (χ1v) is 12.2. The summed E-state index contributed by atoms with van der Waals surface area (Å²) < 4.78 is 76.9. The lowest BCUT2D eigenvalue weighted by Crippen LogP contribution is -2.57. The van der Waals surface area contributed by atoms with E-state index < -0.39 is 48.0 Å². The van der Waals surface area contributed by atoms with Crippen molar-refractivity contribution in [2.24, 2.45) is 0 Å². The number of esters is 1. The number of nitrogens with one attached hydrogen (secondary N) is 2. The van der Waals surface area contributed by atoms with Gasteiger partial charge in [0.15, 0.2) is 11.5 Å². The standard InChI is InChI=1S/C23H33F3N4O9/c1-22(2)38-20-14(29-17-10-27-9-16(30-17)23(24,25)26)11-37-15(21(20)39-22)8-28-18(31)12-35-6-4-34-5-7-36-13-19(32)33-3/h9-10,14-15,20-21H,4-8,11-13H2,1-3H3,(H,28,31)(H,29,30)/t14-,15+,20+,21-/m0/s1. The molecule has 0 aromatic carbocycles. The zero-order valence-corrected chi connectivity index (χ0v) is 21.8. The van der Waals surface area contributed by atoms with Crippen LogP contribution in [0.25, 0.3) is 0 Å². The molecule has 2 N–H and O–H groups in total. The maximum Gasteiger partial charge on any atom is 0.434 e. The Labute approximate surface area is 223 Å². The van der Waals surface area contributed by atoms with Crippen molar-refractivity contribution in [3.8, 4) is 0 Å². The molecule has 0 unspecified atom stereocenters. The van der Waals surface area contributed by atoms with Crippen LogP contribution in [-0.4, -0.2) is 112 Å². The summed E-state index contributed by atoms with van der Waals surface area (Å²) in [7, 11) is 1.27. The maximum atomic E-state index is 13.0. The molecule has 0 saturated carbocycles. The molecule has 2 aliphatic heterocycles. The fraction of sp³-hybridized carbons (Fsp3) is 0.739. The topological polar surface area (TPSA) is 149 Å². The van der Waals surface area contributed by atoms with Crippen molar-refractivity contribution in [3.63, 3.8) is 0 Å². The Bertz CT molecular complexity index is 954. The second-order valence-corrected chi connectivity index (χ2v) is 9.07. The number of hydrogen-bond donors (Lipinski definition) is 2. The molecule has 16 heteroatoms. The Balaban J connectivity index is 1.39. The molecule has 0 radical (unpaired) electrons. The SMILES string of the molecule is COC(=O)COCCOCCOCC(=O)NC[C@H]1OC[C@H](Nc2cncc(C(F)(F)F)n2)[C@H]2OC(C)(C)O[C@H]21. The van der Waals surface area contributed by atoms with Gasteiger partial charge in [-0.2, -0.15) is 13.2 Å². The van der Waals surface area contributed by atoms with E-state index in [1.54, 1.807) is 13.8 Å². The molecular formula is C23H33F3N4O9. The van der Waals surface area contributed by atoms with Crippen LogP contribution in [0.5, 0.6) is 0 Å². The predicted octanol–water partition coefficient (Wildman–Crippen LogP) is 0.534. The molecule has 2 aliphatic rings. The van der Waals surface area contributed by atoms with Crippen molar-refractivity contribution in [3.05, 3.63) is 18.1 Å². The van der Waals surface area contributed by atoms with Gasteiger partial charge in [-0.25, -0.2) is 9.78 Å². The molecule has 0 spiro atoms. The zero-order valence-electron chi connectivity index (χ0n) is 21.8. The van der Waals surface area contributed by atoms with Gasteiger partial charge in [-0.05, 0) is 13.8 Å². The van der Waals surface area contributed by atoms with E-state index in [0.29, 0.717) is 6.20 Å². The van der Waals surface area contributed by atoms with Crippen LogP contribution >= 0.6 is 0 Å². The van der Waals surface area contributed by atoms with Crippen molar-refractivity contribution in [1.29, 1.82) is 0 Å². The van der Waals surface area contributed by atoms with Gasteiger partial charge in [0, 0.05) is 6.54 Å². The third kappa shape index (κ3) is 9.81. The van der Waals surface area contributed by atoms with Crippen LogP contribution in [0.4, 0.5) is 19.0 Å². The largest absolute Gasteiger partial charge is 0.467 e. The summed E-state index contributed by atoms with van der Waals surface area (Å²) in [5.74, 6) is -1.91. The van der Waals surface area contributed by atoms with Gasteiger partial charge in [0.05, 0.1) is 58.6 Å². The van der Waals surface area contributed by atoms with E-state index in [4.69, 9.17) is 28.4 Å². The van der Waals surface area contributed by atoms with Gasteiger partial charge in [-0.1, -0.05) is 0 Å². The number of halogens is 3. The van der Waals surface area contributed by atoms with Crippen molar-refractivity contribution < 1.29 is 55.9 Å². The summed E-state index contributed by atoms with van der Waals surface area (Å²) in [6.07, 6.45) is -4.57. The van der Waals surface area contributed by atoms with Crippen molar-refractivity contribution in [2.45, 2.75) is 50.2 Å². The van der Waals surface area contributed by atoms with Gasteiger partial charge in [0.2, 0.25) is 5.91 Å². The highest BCUT2D eigenvalue weighted by Crippen LogP contribution is 2.36. The Morgan fingerprint density at radius 2 is 1.72 bits per heavy atom. The summed E-state index contributed by atoms with van der Waals surface area (Å²) in [6.45, 7) is 4.11. The molecule has 1 aromatic rings. The molecule has 2 saturated heterocycles. The highest BCUT2D eigenvalue weighted by Gasteiger charge is 2.52. The maximum absolute atomic E-state index is 13.0. The van der Waals surface area contributed by atoms with Crippen LogP contribution in [0.3, 0.4) is 0 Å². The first kappa shape index (κ1) is 30.9. The number of carbonyl (C=O) groups is 2. The molecule has 2 fully saturated rings. The van der Waals surface area contributed by atoms with Crippen LogP contribution in [0.15, 0.2) is 12.4 Å². The average Bonchev–Trinajstić information content (AvgIpc) is 3.22. The fourth-order valence-corrected chi connectivity index (χ4v) is 3.88. The molecule has 0 bridgehead atoms. The van der Waals surface area contributed by atoms with Crippen LogP contribution in [-0.2, 0) is 48.9 Å². The molecule has 3 heterocycles. The molecule has 39 heavy (non-hydrogen) atoms. The van der Waals surface area contributed by atoms with Crippen LogP contribution in [0, 0.1) is 0 Å². The van der Waals surface area contributed by atoms with Gasteiger partial charge in [-0.3, -0.25) is 9.78 Å². The van der Waals surface area contributed by atoms with Gasteiger partial charge in [0.25, 0.3) is 0 Å². The number of alkyl halides is 3. The molecule has 1 amide bonds. The Hall–Kier alpha value is -2.63. The van der Waals surface area contributed by atoms with E-state index in [1.165, 1.54) is 13.3 Å². The molecular weight excluding hydrogens is 533 g/mol. The molecule has 0 aliphatic carbocycles. The van der Waals surface area contributed by atoms with E-state index >= 15 is 0 Å². The van der Waals surface area contributed by atoms with Gasteiger partial charge in [0.1, 0.15) is 37.3 Å². The van der Waals surface area contributed by atoms with E-state index in [2.05, 4.69) is 25.3 Å². The van der Waals surface area contributed by atoms with Crippen LogP contribution in [0.2, 0.25) is 0 Å². The first-order chi connectivity index (χ1) is 18.5. The zero-order chi connectivity index (χ0) is 28.5. The summed E-state index contributed by atoms with van der Waals surface area (Å²) in [5.41, 5.74) is -1.12. The minimum Gasteiger partial charge on any atom is -0.467 e. The normalized spacial score (nSPS) is 24.2. The smallest absolute Gasteiger partial charge is 0.434 e. The fourth-order valence-electron chi connectivity index (χ4n) is 3.88. The highest BCUT2D eigenvalue weighted by atomic mass is 19.4. The molecule has 3 rings (SSSR count). The minimum atomic E-state index is -4.63. The number of methoxy groups -OCH3 is 1. The first-order valence-electron chi connectivity index (χ1n) is 12.2. The number of carbonyl (C=O) groups excluding carboxylic acids is 2. The van der Waals surface area contributed by atoms with E-state index in [9.17, 15) is 22.8 Å².